The van der Waals surface area contributed by atoms with Crippen LogP contribution in [0, 0.1) is 12.9 Å². The maximum absolute atomic E-state index is 14.6. The molecule has 9 nitrogen and oxygen atoms in total. The molecule has 1 amide bonds. The second-order valence-electron chi connectivity index (χ2n) is 9.61. The fraction of sp³-hybridized carbons (Fsp3) is 0.360. The number of amides is 1. The quantitative estimate of drug-likeness (QED) is 0.469. The lowest BCUT2D eigenvalue weighted by atomic mass is 9.93. The highest BCUT2D eigenvalue weighted by molar-refractivity contribution is 6.02. The van der Waals surface area contributed by atoms with Gasteiger partial charge in [0.1, 0.15) is 12.0 Å². The number of imidazole rings is 1. The van der Waals surface area contributed by atoms with E-state index in [-0.39, 0.29) is 17.1 Å². The van der Waals surface area contributed by atoms with Gasteiger partial charge in [0.15, 0.2) is 5.65 Å². The predicted molar refractivity (Wildman–Crippen MR) is 129 cm³/mol. The van der Waals surface area contributed by atoms with Crippen LogP contribution in [0.5, 0.6) is 0 Å². The minimum absolute atomic E-state index is 0.111. The standard InChI is InChI=1S/C25H27FN6O3/c1-15-11-27-18(23(33)30-24-29-20(14-35-24)25(2,3)4)10-17(15)16-9-19(31-5-7-34-8-6-31)22-28-12-21(26)32(22)13-16/h9-14H,5-8H2,1-4H3,(H,29,30,33). The lowest BCUT2D eigenvalue weighted by Crippen LogP contribution is -2.36. The second kappa shape index (κ2) is 8.77. The molecule has 0 aliphatic carbocycles. The number of aromatic nitrogens is 4. The highest BCUT2D eigenvalue weighted by atomic mass is 19.1. The van der Waals surface area contributed by atoms with Crippen molar-refractivity contribution < 1.29 is 18.3 Å². The fourth-order valence-corrected chi connectivity index (χ4v) is 4.02. The van der Waals surface area contributed by atoms with E-state index in [2.05, 4.69) is 25.2 Å². The Morgan fingerprint density at radius 1 is 1.14 bits per heavy atom. The van der Waals surface area contributed by atoms with Gasteiger partial charge < -0.3 is 14.1 Å². The van der Waals surface area contributed by atoms with Gasteiger partial charge in [-0.2, -0.15) is 9.37 Å². The molecule has 0 bridgehead atoms. The summed E-state index contributed by atoms with van der Waals surface area (Å²) in [6, 6.07) is 3.78. The summed E-state index contributed by atoms with van der Waals surface area (Å²) in [5.41, 5.74) is 4.43. The van der Waals surface area contributed by atoms with Crippen LogP contribution in [0.3, 0.4) is 0 Å². The molecule has 1 aliphatic heterocycles. The van der Waals surface area contributed by atoms with Crippen molar-refractivity contribution in [2.24, 2.45) is 0 Å². The average Bonchev–Trinajstić information content (AvgIpc) is 3.46. The smallest absolute Gasteiger partial charge is 0.301 e. The molecule has 5 rings (SSSR count). The van der Waals surface area contributed by atoms with Gasteiger partial charge in [0.05, 0.1) is 30.8 Å². The summed E-state index contributed by atoms with van der Waals surface area (Å²) in [5.74, 6) is -0.906. The Morgan fingerprint density at radius 2 is 1.91 bits per heavy atom. The van der Waals surface area contributed by atoms with Gasteiger partial charge in [0.25, 0.3) is 5.91 Å². The van der Waals surface area contributed by atoms with Gasteiger partial charge in [0.2, 0.25) is 5.95 Å². The topological polar surface area (TPSA) is 97.8 Å². The molecule has 0 aromatic carbocycles. The van der Waals surface area contributed by atoms with Gasteiger partial charge in [-0.15, -0.1) is 0 Å². The van der Waals surface area contributed by atoms with Gasteiger partial charge in [-0.1, -0.05) is 20.8 Å². The van der Waals surface area contributed by atoms with Crippen molar-refractivity contribution in [3.05, 3.63) is 59.9 Å². The Hall–Kier alpha value is -3.79. The van der Waals surface area contributed by atoms with Crippen LogP contribution in [0.4, 0.5) is 16.1 Å². The van der Waals surface area contributed by atoms with Crippen molar-refractivity contribution >= 4 is 23.3 Å². The number of pyridine rings is 2. The van der Waals surface area contributed by atoms with E-state index >= 15 is 0 Å². The van der Waals surface area contributed by atoms with Crippen LogP contribution < -0.4 is 10.2 Å². The van der Waals surface area contributed by atoms with E-state index in [0.29, 0.717) is 32.0 Å². The third kappa shape index (κ3) is 4.49. The van der Waals surface area contributed by atoms with Crippen LogP contribution in [0.25, 0.3) is 16.8 Å². The summed E-state index contributed by atoms with van der Waals surface area (Å²) in [6.45, 7) is 10.5. The van der Waals surface area contributed by atoms with Crippen molar-refractivity contribution in [3.63, 3.8) is 0 Å². The zero-order chi connectivity index (χ0) is 24.7. The number of carbonyl (C=O) groups excluding carboxylic acids is 1. The number of rotatable bonds is 4. The molecule has 10 heteroatoms. The molecular formula is C25H27FN6O3. The van der Waals surface area contributed by atoms with Crippen molar-refractivity contribution in [1.82, 2.24) is 19.4 Å². The number of halogens is 1. The Labute approximate surface area is 202 Å². The Bertz CT molecular complexity index is 1400. The Balaban J connectivity index is 1.51. The molecule has 0 unspecified atom stereocenters. The third-order valence-corrected chi connectivity index (χ3v) is 6.03. The number of hydrogen-bond donors (Lipinski definition) is 1. The van der Waals surface area contributed by atoms with E-state index in [1.807, 2.05) is 33.8 Å². The van der Waals surface area contributed by atoms with E-state index in [9.17, 15) is 9.18 Å². The minimum atomic E-state index is -0.459. The van der Waals surface area contributed by atoms with Crippen molar-refractivity contribution in [3.8, 4) is 11.1 Å². The summed E-state index contributed by atoms with van der Waals surface area (Å²) < 4.78 is 26.9. The van der Waals surface area contributed by atoms with E-state index in [1.165, 1.54) is 16.9 Å². The first-order chi connectivity index (χ1) is 16.7. The number of carbonyl (C=O) groups is 1. The Kier molecular flexibility index (Phi) is 5.76. The van der Waals surface area contributed by atoms with Gasteiger partial charge in [0, 0.05) is 36.5 Å². The molecule has 35 heavy (non-hydrogen) atoms. The zero-order valence-corrected chi connectivity index (χ0v) is 20.1. The lowest BCUT2D eigenvalue weighted by Gasteiger charge is -2.29. The molecule has 182 valence electrons. The fourth-order valence-electron chi connectivity index (χ4n) is 4.02. The largest absolute Gasteiger partial charge is 0.432 e. The van der Waals surface area contributed by atoms with E-state index in [0.717, 1.165) is 28.1 Å². The third-order valence-electron chi connectivity index (χ3n) is 6.03. The summed E-state index contributed by atoms with van der Waals surface area (Å²) in [5, 5.41) is 2.67. The van der Waals surface area contributed by atoms with Crippen LogP contribution in [0.2, 0.25) is 0 Å². The van der Waals surface area contributed by atoms with Crippen LogP contribution in [0.15, 0.2) is 41.4 Å². The number of ether oxygens (including phenoxy) is 1. The SMILES string of the molecule is Cc1cnc(C(=O)Nc2nc(C(C)(C)C)co2)cc1-c1cc(N2CCOCC2)c2ncc(F)n2c1. The predicted octanol–water partition coefficient (Wildman–Crippen LogP) is 4.22. The van der Waals surface area contributed by atoms with E-state index < -0.39 is 11.9 Å². The van der Waals surface area contributed by atoms with Crippen molar-refractivity contribution in [1.29, 1.82) is 0 Å². The molecule has 1 saturated heterocycles. The summed E-state index contributed by atoms with van der Waals surface area (Å²) >= 11 is 0. The molecule has 0 atom stereocenters. The average molecular weight is 479 g/mol. The highest BCUT2D eigenvalue weighted by Gasteiger charge is 2.22. The summed E-state index contributed by atoms with van der Waals surface area (Å²) in [7, 11) is 0. The number of oxazole rings is 1. The van der Waals surface area contributed by atoms with Crippen LogP contribution in [0.1, 0.15) is 42.5 Å². The number of anilines is 2. The molecule has 5 heterocycles. The Morgan fingerprint density at radius 3 is 2.63 bits per heavy atom. The summed E-state index contributed by atoms with van der Waals surface area (Å²) in [6.07, 6.45) is 6.06. The number of fused-ring (bicyclic) bond motifs is 1. The minimum Gasteiger partial charge on any atom is -0.432 e. The maximum Gasteiger partial charge on any atom is 0.301 e. The monoisotopic (exact) mass is 478 g/mol. The van der Waals surface area contributed by atoms with Crippen LogP contribution in [-0.2, 0) is 10.2 Å². The van der Waals surface area contributed by atoms with Gasteiger partial charge in [-0.05, 0) is 30.2 Å². The van der Waals surface area contributed by atoms with Crippen molar-refractivity contribution in [2.75, 3.05) is 36.5 Å². The van der Waals surface area contributed by atoms with Crippen LogP contribution in [-0.4, -0.2) is 51.6 Å². The zero-order valence-electron chi connectivity index (χ0n) is 20.1. The molecule has 0 spiro atoms. The number of hydrogen-bond acceptors (Lipinski definition) is 7. The number of aryl methyl sites for hydroxylation is 1. The number of nitrogens with one attached hydrogen (secondary N) is 1. The molecule has 0 radical (unpaired) electrons. The van der Waals surface area contributed by atoms with E-state index in [4.69, 9.17) is 9.15 Å². The van der Waals surface area contributed by atoms with Gasteiger partial charge >= 0.3 is 6.01 Å². The molecule has 4 aromatic rings. The molecule has 4 aromatic heterocycles. The normalized spacial score (nSPS) is 14.5. The molecule has 0 saturated carbocycles. The molecule has 1 aliphatic rings. The first-order valence-corrected chi connectivity index (χ1v) is 11.4. The first kappa shape index (κ1) is 23.0. The van der Waals surface area contributed by atoms with E-state index in [1.54, 1.807) is 18.5 Å². The molecule has 1 fully saturated rings. The second-order valence-corrected chi connectivity index (χ2v) is 9.61. The van der Waals surface area contributed by atoms with Crippen molar-refractivity contribution in [2.45, 2.75) is 33.1 Å². The van der Waals surface area contributed by atoms with Crippen LogP contribution >= 0.6 is 0 Å². The molecular weight excluding hydrogens is 451 g/mol. The molecule has 1 N–H and O–H groups in total. The summed E-state index contributed by atoms with van der Waals surface area (Å²) in [4.78, 5) is 28.0. The number of morpholine rings is 1. The van der Waals surface area contributed by atoms with Gasteiger partial charge in [-0.3, -0.25) is 19.5 Å². The maximum atomic E-state index is 14.6. The first-order valence-electron chi connectivity index (χ1n) is 11.4. The lowest BCUT2D eigenvalue weighted by molar-refractivity contribution is 0.101. The highest BCUT2D eigenvalue weighted by Crippen LogP contribution is 2.32. The number of nitrogens with zero attached hydrogens (tertiary/aromatic N) is 5. The van der Waals surface area contributed by atoms with Gasteiger partial charge in [-0.25, -0.2) is 4.98 Å².